The molecule has 5 nitrogen and oxygen atoms in total. The van der Waals surface area contributed by atoms with Crippen LogP contribution in [0.25, 0.3) is 0 Å². The molecule has 1 unspecified atom stereocenters. The van der Waals surface area contributed by atoms with Crippen LogP contribution < -0.4 is 0 Å². The molecule has 1 saturated heterocycles. The number of ether oxygens (including phenoxy) is 1. The summed E-state index contributed by atoms with van der Waals surface area (Å²) in [6.07, 6.45) is 1.34. The van der Waals surface area contributed by atoms with Crippen molar-refractivity contribution in [3.8, 4) is 0 Å². The van der Waals surface area contributed by atoms with Crippen LogP contribution in [0.5, 0.6) is 0 Å². The number of amides is 1. The molecular formula is C20H22FNO4S. The molecule has 2 aromatic carbocycles. The van der Waals surface area contributed by atoms with E-state index in [0.29, 0.717) is 12.0 Å². The van der Waals surface area contributed by atoms with Gasteiger partial charge in [0.1, 0.15) is 22.3 Å². The van der Waals surface area contributed by atoms with Gasteiger partial charge in [0, 0.05) is 12.8 Å². The summed E-state index contributed by atoms with van der Waals surface area (Å²) in [6.45, 7) is 0.412. The molecule has 2 atom stereocenters. The first-order chi connectivity index (χ1) is 12.8. The fourth-order valence-electron chi connectivity index (χ4n) is 3.34. The normalized spacial score (nSPS) is 20.3. The molecule has 0 spiro atoms. The Morgan fingerprint density at radius 1 is 1.15 bits per heavy atom. The van der Waals surface area contributed by atoms with E-state index in [-0.39, 0.29) is 25.4 Å². The maximum atomic E-state index is 13.3. The van der Waals surface area contributed by atoms with E-state index in [1.54, 1.807) is 12.1 Å². The zero-order valence-corrected chi connectivity index (χ0v) is 15.9. The molecule has 0 N–H and O–H groups in total. The number of carbonyl (C=O) groups excluding carboxylic acids is 1. The Bertz CT molecular complexity index is 884. The summed E-state index contributed by atoms with van der Waals surface area (Å²) >= 11 is 0. The molecule has 27 heavy (non-hydrogen) atoms. The molecule has 0 saturated carbocycles. The Balaban J connectivity index is 1.78. The second-order valence-electron chi connectivity index (χ2n) is 6.78. The number of nitrogens with zero attached hydrogens (tertiary/aromatic N) is 1. The van der Waals surface area contributed by atoms with Gasteiger partial charge in [-0.15, -0.1) is 0 Å². The van der Waals surface area contributed by atoms with Gasteiger partial charge in [0.05, 0.1) is 11.3 Å². The highest BCUT2D eigenvalue weighted by Crippen LogP contribution is 2.34. The van der Waals surface area contributed by atoms with Gasteiger partial charge in [-0.25, -0.2) is 17.6 Å². The molecule has 7 heteroatoms. The number of hydrogen-bond donors (Lipinski definition) is 0. The molecule has 1 heterocycles. The summed E-state index contributed by atoms with van der Waals surface area (Å²) in [7, 11) is -3.23. The summed E-state index contributed by atoms with van der Waals surface area (Å²) in [6, 6.07) is 14.7. The Morgan fingerprint density at radius 3 is 2.44 bits per heavy atom. The van der Waals surface area contributed by atoms with E-state index in [4.69, 9.17) is 4.74 Å². The predicted octanol–water partition coefficient (Wildman–Crippen LogP) is 3.71. The lowest BCUT2D eigenvalue weighted by Gasteiger charge is -2.38. The van der Waals surface area contributed by atoms with Crippen molar-refractivity contribution in [3.05, 3.63) is 71.5 Å². The Labute approximate surface area is 158 Å². The highest BCUT2D eigenvalue weighted by Gasteiger charge is 2.37. The number of hydrogen-bond acceptors (Lipinski definition) is 4. The Kier molecular flexibility index (Phi) is 5.79. The SMILES string of the molecule is CS(=O)(=O)C1CCN(C(=O)OCc2ccccc2)[C@@H](c2ccc(F)cc2)C1. The predicted molar refractivity (Wildman–Crippen MR) is 100 cm³/mol. The van der Waals surface area contributed by atoms with Gasteiger partial charge in [-0.05, 0) is 36.1 Å². The lowest BCUT2D eigenvalue weighted by Crippen LogP contribution is -2.44. The van der Waals surface area contributed by atoms with Crippen LogP contribution in [0.3, 0.4) is 0 Å². The number of rotatable bonds is 4. The molecule has 2 aromatic rings. The third-order valence-corrected chi connectivity index (χ3v) is 6.49. The summed E-state index contributed by atoms with van der Waals surface area (Å²) in [5, 5.41) is -0.536. The van der Waals surface area contributed by atoms with E-state index >= 15 is 0 Å². The maximum absolute atomic E-state index is 13.3. The van der Waals surface area contributed by atoms with E-state index in [1.807, 2.05) is 30.3 Å². The largest absolute Gasteiger partial charge is 0.445 e. The third-order valence-electron chi connectivity index (χ3n) is 4.85. The highest BCUT2D eigenvalue weighted by molar-refractivity contribution is 7.91. The van der Waals surface area contributed by atoms with Gasteiger partial charge in [0.25, 0.3) is 0 Å². The number of halogens is 1. The van der Waals surface area contributed by atoms with Crippen molar-refractivity contribution in [1.82, 2.24) is 4.90 Å². The second-order valence-corrected chi connectivity index (χ2v) is 9.10. The molecule has 1 amide bonds. The monoisotopic (exact) mass is 391 g/mol. The lowest BCUT2D eigenvalue weighted by atomic mass is 9.95. The summed E-state index contributed by atoms with van der Waals surface area (Å²) in [4.78, 5) is 14.2. The Morgan fingerprint density at radius 2 is 1.81 bits per heavy atom. The van der Waals surface area contributed by atoms with Crippen LogP contribution >= 0.6 is 0 Å². The molecule has 0 aliphatic carbocycles. The van der Waals surface area contributed by atoms with Gasteiger partial charge in [-0.2, -0.15) is 0 Å². The molecule has 144 valence electrons. The van der Waals surface area contributed by atoms with E-state index in [1.165, 1.54) is 23.3 Å². The van der Waals surface area contributed by atoms with Crippen LogP contribution in [0.4, 0.5) is 9.18 Å². The van der Waals surface area contributed by atoms with Gasteiger partial charge >= 0.3 is 6.09 Å². The van der Waals surface area contributed by atoms with Crippen LogP contribution in [0.2, 0.25) is 0 Å². The van der Waals surface area contributed by atoms with Gasteiger partial charge < -0.3 is 9.64 Å². The van der Waals surface area contributed by atoms with E-state index in [9.17, 15) is 17.6 Å². The Hall–Kier alpha value is -2.41. The number of piperidine rings is 1. The molecule has 0 aromatic heterocycles. The minimum Gasteiger partial charge on any atom is -0.445 e. The third kappa shape index (κ3) is 4.86. The molecule has 1 aliphatic rings. The van der Waals surface area contributed by atoms with Crippen molar-refractivity contribution in [3.63, 3.8) is 0 Å². The molecule has 3 rings (SSSR count). The van der Waals surface area contributed by atoms with Crippen molar-refractivity contribution in [2.75, 3.05) is 12.8 Å². The second kappa shape index (κ2) is 8.08. The van der Waals surface area contributed by atoms with Gasteiger partial charge in [0.2, 0.25) is 0 Å². The van der Waals surface area contributed by atoms with Gasteiger partial charge in [0.15, 0.2) is 0 Å². The zero-order chi connectivity index (χ0) is 19.4. The first-order valence-electron chi connectivity index (χ1n) is 8.76. The van der Waals surface area contributed by atoms with Gasteiger partial charge in [-0.1, -0.05) is 42.5 Å². The van der Waals surface area contributed by atoms with Crippen LogP contribution in [0.15, 0.2) is 54.6 Å². The lowest BCUT2D eigenvalue weighted by molar-refractivity contribution is 0.0684. The topological polar surface area (TPSA) is 63.7 Å². The van der Waals surface area contributed by atoms with Crippen LogP contribution in [0, 0.1) is 5.82 Å². The minimum absolute atomic E-state index is 0.141. The average Bonchev–Trinajstić information content (AvgIpc) is 2.66. The van der Waals surface area contributed by atoms with Crippen molar-refractivity contribution in [2.24, 2.45) is 0 Å². The quantitative estimate of drug-likeness (QED) is 0.797. The smallest absolute Gasteiger partial charge is 0.410 e. The average molecular weight is 391 g/mol. The van der Waals surface area contributed by atoms with Crippen molar-refractivity contribution in [2.45, 2.75) is 30.7 Å². The summed E-state index contributed by atoms with van der Waals surface area (Å²) < 4.78 is 42.7. The molecule has 0 bridgehead atoms. The highest BCUT2D eigenvalue weighted by atomic mass is 32.2. The fraction of sp³-hybridized carbons (Fsp3) is 0.350. The molecule has 1 aliphatic heterocycles. The summed E-state index contributed by atoms with van der Waals surface area (Å²) in [5.41, 5.74) is 1.57. The minimum atomic E-state index is -3.23. The zero-order valence-electron chi connectivity index (χ0n) is 15.0. The summed E-state index contributed by atoms with van der Waals surface area (Å²) in [5.74, 6) is -0.382. The van der Waals surface area contributed by atoms with Crippen LogP contribution in [-0.4, -0.2) is 37.5 Å². The van der Waals surface area contributed by atoms with Crippen molar-refractivity contribution >= 4 is 15.9 Å². The van der Waals surface area contributed by atoms with Crippen molar-refractivity contribution < 1.29 is 22.3 Å². The number of carbonyl (C=O) groups is 1. The first kappa shape index (κ1) is 19.4. The fourth-order valence-corrected chi connectivity index (χ4v) is 4.41. The number of likely N-dealkylation sites (tertiary alicyclic amines) is 1. The van der Waals surface area contributed by atoms with Crippen molar-refractivity contribution in [1.29, 1.82) is 0 Å². The molecule has 1 fully saturated rings. The standard InChI is InChI=1S/C20H22FNO4S/c1-27(24,25)18-11-12-22(19(13-18)16-7-9-17(21)10-8-16)20(23)26-14-15-5-3-2-4-6-15/h2-10,18-19H,11-14H2,1H3/t18?,19-/m1/s1. The van der Waals surface area contributed by atoms with Crippen LogP contribution in [-0.2, 0) is 21.2 Å². The molecular weight excluding hydrogens is 369 g/mol. The molecule has 0 radical (unpaired) electrons. The number of sulfone groups is 1. The maximum Gasteiger partial charge on any atom is 0.410 e. The number of benzene rings is 2. The van der Waals surface area contributed by atoms with Crippen LogP contribution in [0.1, 0.15) is 30.0 Å². The van der Waals surface area contributed by atoms with Gasteiger partial charge in [-0.3, -0.25) is 0 Å². The van der Waals surface area contributed by atoms with E-state index < -0.39 is 27.2 Å². The van der Waals surface area contributed by atoms with E-state index in [2.05, 4.69) is 0 Å². The first-order valence-corrected chi connectivity index (χ1v) is 10.7. The van der Waals surface area contributed by atoms with E-state index in [0.717, 1.165) is 5.56 Å².